The van der Waals surface area contributed by atoms with Gasteiger partial charge in [-0.05, 0) is 47.5 Å². The van der Waals surface area contributed by atoms with Crippen LogP contribution in [0.3, 0.4) is 0 Å². The van der Waals surface area contributed by atoms with Crippen LogP contribution in [0.1, 0.15) is 49.7 Å². The number of aromatic amines is 1. The monoisotopic (exact) mass is 431 g/mol. The van der Waals surface area contributed by atoms with Crippen molar-refractivity contribution in [3.8, 4) is 22.6 Å². The predicted molar refractivity (Wildman–Crippen MR) is 120 cm³/mol. The van der Waals surface area contributed by atoms with Gasteiger partial charge < -0.3 is 10.1 Å². The summed E-state index contributed by atoms with van der Waals surface area (Å²) in [7, 11) is 0. The second kappa shape index (κ2) is 9.01. The van der Waals surface area contributed by atoms with Crippen LogP contribution in [-0.2, 0) is 0 Å². The fraction of sp³-hybridized carbons (Fsp3) is 0.261. The number of ether oxygens (including phenoxy) is 1. The summed E-state index contributed by atoms with van der Waals surface area (Å²) in [5.74, 6) is 1.23. The molecule has 0 saturated carbocycles. The summed E-state index contributed by atoms with van der Waals surface area (Å²) in [5, 5.41) is 21.6. The maximum Gasteiger partial charge on any atom is 0.413 e. The predicted octanol–water partition coefficient (Wildman–Crippen LogP) is 4.33. The van der Waals surface area contributed by atoms with Crippen molar-refractivity contribution >= 4 is 6.09 Å². The van der Waals surface area contributed by atoms with Gasteiger partial charge in [0, 0.05) is 23.7 Å². The van der Waals surface area contributed by atoms with E-state index in [0.29, 0.717) is 11.4 Å². The number of nitrogens with zero attached hydrogens (tertiary/aromatic N) is 5. The molecule has 2 N–H and O–H groups in total. The topological polar surface area (TPSA) is 111 Å². The number of rotatable bonds is 6. The van der Waals surface area contributed by atoms with E-state index in [1.54, 1.807) is 23.1 Å². The summed E-state index contributed by atoms with van der Waals surface area (Å²) in [6.45, 7) is 7.94. The molecular formula is C23H25N7O2. The molecule has 1 amide bonds. The van der Waals surface area contributed by atoms with Crippen LogP contribution >= 0.6 is 0 Å². The first-order valence-corrected chi connectivity index (χ1v) is 10.4. The fourth-order valence-corrected chi connectivity index (χ4v) is 3.31. The van der Waals surface area contributed by atoms with Gasteiger partial charge in [0.15, 0.2) is 5.82 Å². The van der Waals surface area contributed by atoms with Gasteiger partial charge in [0.05, 0.1) is 17.9 Å². The number of nitrogens with one attached hydrogen (secondary N) is 2. The first-order valence-electron chi connectivity index (χ1n) is 10.4. The Hall–Kier alpha value is -4.01. The zero-order valence-electron chi connectivity index (χ0n) is 18.4. The largest absolute Gasteiger partial charge is 0.413 e. The van der Waals surface area contributed by atoms with E-state index in [4.69, 9.17) is 4.74 Å². The molecule has 0 bridgehead atoms. The van der Waals surface area contributed by atoms with Crippen molar-refractivity contribution in [1.29, 1.82) is 0 Å². The average Bonchev–Trinajstić information content (AvgIpc) is 3.46. The van der Waals surface area contributed by atoms with Gasteiger partial charge in [0.2, 0.25) is 0 Å². The lowest BCUT2D eigenvalue weighted by Crippen LogP contribution is -2.29. The molecule has 0 aliphatic rings. The zero-order valence-corrected chi connectivity index (χ0v) is 18.4. The zero-order chi connectivity index (χ0) is 22.7. The number of carbonyl (C=O) groups excluding carboxylic acids is 1. The van der Waals surface area contributed by atoms with Crippen LogP contribution < -0.4 is 10.1 Å². The van der Waals surface area contributed by atoms with Crippen molar-refractivity contribution in [2.24, 2.45) is 0 Å². The molecule has 9 heteroatoms. The van der Waals surface area contributed by atoms with E-state index in [2.05, 4.69) is 31.0 Å². The first kappa shape index (κ1) is 21.2. The Bertz CT molecular complexity index is 1200. The van der Waals surface area contributed by atoms with Crippen LogP contribution in [0.15, 0.2) is 54.9 Å². The van der Waals surface area contributed by atoms with Crippen molar-refractivity contribution in [1.82, 2.24) is 35.7 Å². The number of H-pyrrole nitrogens is 1. The van der Waals surface area contributed by atoms with Crippen LogP contribution in [0.4, 0.5) is 4.79 Å². The Morgan fingerprint density at radius 3 is 2.56 bits per heavy atom. The summed E-state index contributed by atoms with van der Waals surface area (Å²) >= 11 is 0. The highest BCUT2D eigenvalue weighted by Gasteiger charge is 2.17. The maximum absolute atomic E-state index is 12.6. The highest BCUT2D eigenvalue weighted by atomic mass is 16.6. The Morgan fingerprint density at radius 2 is 1.88 bits per heavy atom. The molecule has 9 nitrogen and oxygen atoms in total. The fourth-order valence-electron chi connectivity index (χ4n) is 3.31. The van der Waals surface area contributed by atoms with E-state index >= 15 is 0 Å². The minimum Gasteiger partial charge on any atom is -0.410 e. The Kier molecular flexibility index (Phi) is 5.98. The molecule has 32 heavy (non-hydrogen) atoms. The molecule has 1 atom stereocenters. The number of benzene rings is 2. The number of hydrogen-bond acceptors (Lipinski definition) is 6. The Morgan fingerprint density at radius 1 is 1.09 bits per heavy atom. The maximum atomic E-state index is 12.6. The van der Waals surface area contributed by atoms with Crippen LogP contribution in [0, 0.1) is 6.92 Å². The quantitative estimate of drug-likeness (QED) is 0.470. The van der Waals surface area contributed by atoms with E-state index in [1.807, 2.05) is 64.1 Å². The number of aryl methyl sites for hydroxylation is 1. The number of hydrogen-bond donors (Lipinski definition) is 2. The smallest absolute Gasteiger partial charge is 0.410 e. The molecule has 2 aromatic heterocycles. The summed E-state index contributed by atoms with van der Waals surface area (Å²) in [5.41, 5.74) is 4.61. The molecule has 0 saturated heterocycles. The average molecular weight is 432 g/mol. The van der Waals surface area contributed by atoms with Gasteiger partial charge in [-0.2, -0.15) is 9.78 Å². The van der Waals surface area contributed by atoms with Gasteiger partial charge in [0.25, 0.3) is 0 Å². The van der Waals surface area contributed by atoms with Gasteiger partial charge >= 0.3 is 6.09 Å². The molecule has 0 radical (unpaired) electrons. The van der Waals surface area contributed by atoms with Crippen molar-refractivity contribution < 1.29 is 9.53 Å². The number of amides is 1. The van der Waals surface area contributed by atoms with E-state index in [1.165, 1.54) is 0 Å². The van der Waals surface area contributed by atoms with Gasteiger partial charge in [-0.15, -0.1) is 5.10 Å². The molecule has 4 aromatic rings. The van der Waals surface area contributed by atoms with Crippen LogP contribution in [0.2, 0.25) is 0 Å². The molecule has 0 spiro atoms. The Labute approximate surface area is 185 Å². The molecule has 0 fully saturated rings. The Balaban J connectivity index is 1.67. The minimum absolute atomic E-state index is 0.122. The van der Waals surface area contributed by atoms with Crippen molar-refractivity contribution in [3.63, 3.8) is 0 Å². The van der Waals surface area contributed by atoms with Gasteiger partial charge in [-0.25, -0.2) is 4.79 Å². The van der Waals surface area contributed by atoms with Gasteiger partial charge in [0.1, 0.15) is 5.75 Å². The van der Waals surface area contributed by atoms with E-state index in [0.717, 1.165) is 28.1 Å². The number of carbonyl (C=O) groups is 1. The summed E-state index contributed by atoms with van der Waals surface area (Å²) < 4.78 is 7.31. The molecule has 2 aromatic carbocycles. The first-order chi connectivity index (χ1) is 15.4. The summed E-state index contributed by atoms with van der Waals surface area (Å²) in [6, 6.07) is 13.4. The third-order valence-corrected chi connectivity index (χ3v) is 5.10. The van der Waals surface area contributed by atoms with Crippen molar-refractivity contribution in [3.05, 3.63) is 71.8 Å². The molecule has 2 heterocycles. The highest BCUT2D eigenvalue weighted by molar-refractivity contribution is 5.74. The van der Waals surface area contributed by atoms with Crippen LogP contribution in [0.25, 0.3) is 16.8 Å². The number of tetrazole rings is 1. The molecule has 1 unspecified atom stereocenters. The van der Waals surface area contributed by atoms with Crippen LogP contribution in [0.5, 0.6) is 5.75 Å². The van der Waals surface area contributed by atoms with Crippen molar-refractivity contribution in [2.75, 3.05) is 0 Å². The van der Waals surface area contributed by atoms with E-state index < -0.39 is 6.09 Å². The molecule has 164 valence electrons. The van der Waals surface area contributed by atoms with Gasteiger partial charge in [-0.3, -0.25) is 5.10 Å². The second-order valence-electron chi connectivity index (χ2n) is 7.97. The van der Waals surface area contributed by atoms with Gasteiger partial charge in [-0.1, -0.05) is 43.7 Å². The minimum atomic E-state index is -0.563. The standard InChI is InChI=1S/C23H25N7O2/c1-14(2)22-27-28-29-30(22)20-9-18(17-7-5-15(3)6-8-17)10-21(11-20)32-23(31)26-16(4)19-12-24-25-13-19/h5-14,16H,1-4H3,(H,24,25)(H,26,31). The molecule has 0 aliphatic carbocycles. The third kappa shape index (κ3) is 4.66. The highest BCUT2D eigenvalue weighted by Crippen LogP contribution is 2.29. The number of aromatic nitrogens is 6. The van der Waals surface area contributed by atoms with Crippen molar-refractivity contribution in [2.45, 2.75) is 39.7 Å². The van der Waals surface area contributed by atoms with Crippen LogP contribution in [-0.4, -0.2) is 36.5 Å². The summed E-state index contributed by atoms with van der Waals surface area (Å²) in [6.07, 6.45) is 2.82. The summed E-state index contributed by atoms with van der Waals surface area (Å²) in [4.78, 5) is 12.6. The van der Waals surface area contributed by atoms with E-state index in [-0.39, 0.29) is 12.0 Å². The van der Waals surface area contributed by atoms with E-state index in [9.17, 15) is 4.79 Å². The molecule has 0 aliphatic heterocycles. The lowest BCUT2D eigenvalue weighted by atomic mass is 10.0. The lowest BCUT2D eigenvalue weighted by molar-refractivity contribution is 0.197. The SMILES string of the molecule is Cc1ccc(-c2cc(OC(=O)NC(C)c3cn[nH]c3)cc(-n3nnnc3C(C)C)c2)cc1. The molecular weight excluding hydrogens is 406 g/mol. The lowest BCUT2D eigenvalue weighted by Gasteiger charge is -2.15. The normalized spacial score (nSPS) is 12.0. The second-order valence-corrected chi connectivity index (χ2v) is 7.97. The third-order valence-electron chi connectivity index (χ3n) is 5.10. The molecule has 4 rings (SSSR count).